The molecule has 15 fully saturated rings. The monoisotopic (exact) mass is 1730 g/mol. The minimum Gasteiger partial charge on any atom is -0.0651 e. The van der Waals surface area contributed by atoms with Crippen molar-refractivity contribution in [2.45, 2.75) is 658 Å². The van der Waals surface area contributed by atoms with Gasteiger partial charge in [0.05, 0.1) is 0 Å². The van der Waals surface area contributed by atoms with Gasteiger partial charge in [-0.3, -0.25) is 0 Å². The fourth-order valence-corrected chi connectivity index (χ4v) is 32.5. The number of rotatable bonds is 9. The van der Waals surface area contributed by atoms with Gasteiger partial charge in [0, 0.05) is 0 Å². The predicted molar refractivity (Wildman–Crippen MR) is 558 cm³/mol. The van der Waals surface area contributed by atoms with Crippen LogP contribution in [-0.2, 0) is 0 Å². The molecule has 15 rings (SSSR count). The predicted octanol–water partition coefficient (Wildman–Crippen LogP) is 43.4. The molecule has 0 aromatic rings. The molecule has 0 atom stereocenters. The van der Waals surface area contributed by atoms with Crippen LogP contribution in [0.25, 0.3) is 0 Å². The van der Waals surface area contributed by atoms with Crippen LogP contribution in [0.3, 0.4) is 0 Å². The van der Waals surface area contributed by atoms with Gasteiger partial charge < -0.3 is 0 Å². The van der Waals surface area contributed by atoms with Gasteiger partial charge in [-0.25, -0.2) is 0 Å². The molecule has 0 amide bonds. The fraction of sp³-hybridized carbons (Fsp3) is 1.00. The summed E-state index contributed by atoms with van der Waals surface area (Å²) in [5, 5.41) is 0. The van der Waals surface area contributed by atoms with E-state index in [1.807, 2.05) is 0 Å². The molecule has 0 aromatic carbocycles. The van der Waals surface area contributed by atoms with E-state index in [0.29, 0.717) is 75.8 Å². The van der Waals surface area contributed by atoms with E-state index in [2.05, 4.69) is 215 Å². The van der Waals surface area contributed by atoms with Crippen LogP contribution in [0.1, 0.15) is 658 Å². The second-order valence-electron chi connectivity index (χ2n) is 59.1. The van der Waals surface area contributed by atoms with E-state index in [1.54, 1.807) is 51.4 Å². The van der Waals surface area contributed by atoms with Crippen LogP contribution in [0, 0.1) is 132 Å². The first-order valence-corrected chi connectivity index (χ1v) is 57.6. The topological polar surface area (TPSA) is 0 Å². The lowest BCUT2D eigenvalue weighted by molar-refractivity contribution is -0.0478. The second-order valence-corrected chi connectivity index (χ2v) is 59.1. The van der Waals surface area contributed by atoms with Gasteiger partial charge in [-0.2, -0.15) is 0 Å². The Balaban J connectivity index is 0.000000193. The molecule has 6 spiro atoms. The third kappa shape index (κ3) is 36.2. The van der Waals surface area contributed by atoms with Gasteiger partial charge in [0.25, 0.3) is 0 Å². The van der Waals surface area contributed by atoms with Crippen LogP contribution < -0.4 is 0 Å². The summed E-state index contributed by atoms with van der Waals surface area (Å²) >= 11 is 0. The normalized spacial score (nSPS) is 30.1. The Hall–Kier alpha value is 0. The fourth-order valence-electron chi connectivity index (χ4n) is 32.5. The molecule has 0 aliphatic heterocycles. The average molecular weight is 1730 g/mol. The molecule has 15 aliphatic rings. The molecule has 0 N–H and O–H groups in total. The maximum absolute atomic E-state index is 2.51. The van der Waals surface area contributed by atoms with Gasteiger partial charge >= 0.3 is 0 Å². The number of hydrogen-bond donors (Lipinski definition) is 0. The molecule has 0 bridgehead atoms. The van der Waals surface area contributed by atoms with Crippen molar-refractivity contribution < 1.29 is 0 Å². The molecule has 15 saturated carbocycles. The first kappa shape index (κ1) is 111. The molecule has 15 aliphatic carbocycles. The summed E-state index contributed by atoms with van der Waals surface area (Å²) < 4.78 is 0. The van der Waals surface area contributed by atoms with E-state index in [4.69, 9.17) is 0 Å². The molecule has 0 radical (unpaired) electrons. The zero-order chi connectivity index (χ0) is 92.2. The van der Waals surface area contributed by atoms with Crippen LogP contribution >= 0.6 is 0 Å². The Kier molecular flexibility index (Phi) is 41.8. The molecule has 732 valence electrons. The summed E-state index contributed by atoms with van der Waals surface area (Å²) in [5.74, 6) is 5.20. The lowest BCUT2D eigenvalue weighted by Gasteiger charge is -2.56. The van der Waals surface area contributed by atoms with Crippen molar-refractivity contribution in [3.8, 4) is 0 Å². The van der Waals surface area contributed by atoms with E-state index in [0.717, 1.165) is 56.7 Å². The van der Waals surface area contributed by atoms with Gasteiger partial charge in [0.1, 0.15) is 0 Å². The van der Waals surface area contributed by atoms with Gasteiger partial charge in [0.15, 0.2) is 0 Å². The maximum Gasteiger partial charge on any atom is -0.0287 e. The van der Waals surface area contributed by atoms with Gasteiger partial charge in [-0.1, -0.05) is 330 Å². The molecule has 124 heavy (non-hydrogen) atoms. The Bertz CT molecular complexity index is 2810. The van der Waals surface area contributed by atoms with Crippen LogP contribution in [0.2, 0.25) is 0 Å². The van der Waals surface area contributed by atoms with Crippen molar-refractivity contribution in [2.24, 2.45) is 132 Å². The molecule has 0 nitrogen and oxygen atoms in total. The van der Waals surface area contributed by atoms with E-state index in [-0.39, 0.29) is 0 Å². The lowest BCUT2D eigenvalue weighted by atomic mass is 9.49. The highest BCUT2D eigenvalue weighted by molar-refractivity contribution is 5.04. The van der Waals surface area contributed by atoms with Crippen molar-refractivity contribution in [3.05, 3.63) is 0 Å². The Morgan fingerprint density at radius 2 is 0.331 bits per heavy atom. The highest BCUT2D eigenvalue weighted by Gasteiger charge is 2.52. The van der Waals surface area contributed by atoms with Crippen molar-refractivity contribution >= 4 is 0 Å². The first-order valence-electron chi connectivity index (χ1n) is 57.6. The minimum atomic E-state index is 0.557. The van der Waals surface area contributed by atoms with Crippen molar-refractivity contribution in [1.82, 2.24) is 0 Å². The summed E-state index contributed by atoms with van der Waals surface area (Å²) in [4.78, 5) is 0. The lowest BCUT2D eigenvalue weighted by Crippen LogP contribution is -2.44. The number of hydrogen-bond acceptors (Lipinski definition) is 0. The van der Waals surface area contributed by atoms with Crippen molar-refractivity contribution in [3.63, 3.8) is 0 Å². The molecule has 0 saturated heterocycles. The molecule has 0 heterocycles. The smallest absolute Gasteiger partial charge is 0.0287 e. The van der Waals surface area contributed by atoms with Crippen molar-refractivity contribution in [2.75, 3.05) is 0 Å². The van der Waals surface area contributed by atoms with E-state index in [1.165, 1.54) is 392 Å². The van der Waals surface area contributed by atoms with Crippen LogP contribution in [0.15, 0.2) is 0 Å². The second kappa shape index (κ2) is 46.7. The summed E-state index contributed by atoms with van der Waals surface area (Å²) in [6.07, 6.45) is 102. The SMILES string of the molecule is CCC1(C)CCC2(CC1)CC(C)(C)CC(C)(C)C2.CCC1(C)CCC2(CCC(C)(C)CC2)CC1.CCC1(C)CCC2(CCCCC2)CC1.CCC1(C)CCCCC1.CCC1CC(C)(C)CC(C)(C)C1.CCC1CCC(C)(C)CC1.CCC1CCC2(CC1)CC(C)(C)CC(C)(C)C2.CCC1CCC2(CC1)CCC(C)(C)CC2.CCC1CCC2(CCCCC2)CC1. The largest absolute Gasteiger partial charge is 0.0651 e. The molecule has 0 aromatic heterocycles. The molecular formula is C124H236. The van der Waals surface area contributed by atoms with Crippen LogP contribution in [0.5, 0.6) is 0 Å². The average Bonchev–Trinajstić information content (AvgIpc) is 0.765. The van der Waals surface area contributed by atoms with Gasteiger partial charge in [-0.05, 0) is 460 Å². The Labute approximate surface area is 785 Å². The Morgan fingerprint density at radius 1 is 0.145 bits per heavy atom. The minimum absolute atomic E-state index is 0.557. The first-order chi connectivity index (χ1) is 57.6. The zero-order valence-electron chi connectivity index (χ0n) is 92.2. The summed E-state index contributed by atoms with van der Waals surface area (Å²) in [7, 11) is 0. The summed E-state index contributed by atoms with van der Waals surface area (Å²) in [6, 6.07) is 0. The van der Waals surface area contributed by atoms with Crippen LogP contribution in [-0.4, -0.2) is 0 Å². The standard InChI is InChI=1S/C18H34.C17H32.C16H30.C15H28.C14H26.C13H24.C12H24.C10H20.C9H18/c1-7-17(6)8-10-18(11-9-17)13-15(2,3)12-16(4,5)14-18;1-6-14-7-9-17(10-8-14)12-15(2,3)11-16(4,5)13-17;1-5-15(4)8-12-16(13-9-15)10-6-14(2,3)7-11-16;1-4-13-5-7-15(8-6-13)11-9-14(2,3)10-12-15;1-3-13(2)9-11-14(12-10-13)7-5-4-6-8-14;1-2-12-6-10-13(11-7-12)8-4-3-5-9-13;1-6-10-7-11(2,3)9-12(4,5)8-10;1-4-9-5-7-10(2,3)8-6-9;1-3-9(2)7-5-4-6-8-9/h7-14H2,1-6H3;14H,6-13H2,1-5H3;5-13H2,1-4H3;13H,4-12H2,1-3H3;3-12H2,1-2H3;12H,2-11H2,1H3;10H,6-9H2,1-5H3;9H,4-8H2,1-3H3;3-8H2,1-2H3. The van der Waals surface area contributed by atoms with Gasteiger partial charge in [-0.15, -0.1) is 0 Å². The van der Waals surface area contributed by atoms with Crippen LogP contribution in [0.4, 0.5) is 0 Å². The highest BCUT2D eigenvalue weighted by atomic mass is 14.6. The molecule has 0 heteroatoms. The van der Waals surface area contributed by atoms with E-state index in [9.17, 15) is 0 Å². The summed E-state index contributed by atoms with van der Waals surface area (Å²) in [6.45, 7) is 75.5. The Morgan fingerprint density at radius 3 is 0.589 bits per heavy atom. The van der Waals surface area contributed by atoms with E-state index < -0.39 is 0 Å². The maximum atomic E-state index is 2.51. The summed E-state index contributed by atoms with van der Waals surface area (Å²) in [5.41, 5.74) is 12.7. The van der Waals surface area contributed by atoms with E-state index >= 15 is 0 Å². The molecular weight excluding hydrogens is 1490 g/mol. The van der Waals surface area contributed by atoms with Gasteiger partial charge in [0.2, 0.25) is 0 Å². The highest BCUT2D eigenvalue weighted by Crippen LogP contribution is 2.65. The third-order valence-corrected chi connectivity index (χ3v) is 42.0. The quantitative estimate of drug-likeness (QED) is 0.216. The van der Waals surface area contributed by atoms with Crippen molar-refractivity contribution in [1.29, 1.82) is 0 Å². The zero-order valence-corrected chi connectivity index (χ0v) is 92.2. The third-order valence-electron chi connectivity index (χ3n) is 42.0. The molecule has 0 unspecified atom stereocenters.